The van der Waals surface area contributed by atoms with Crippen LogP contribution >= 0.6 is 11.6 Å². The Morgan fingerprint density at radius 1 is 1.23 bits per heavy atom. The Morgan fingerprint density at radius 2 is 1.88 bits per heavy atom. The van der Waals surface area contributed by atoms with E-state index in [0.717, 1.165) is 0 Å². The number of carbonyl (C=O) groups is 2. The van der Waals surface area contributed by atoms with Crippen LogP contribution in [0.5, 0.6) is 0 Å². The number of alkyl halides is 1. The predicted molar refractivity (Wildman–Crippen MR) is 94.3 cm³/mol. The Hall–Kier alpha value is -1.66. The highest BCUT2D eigenvalue weighted by Gasteiger charge is 2.48. The molecule has 144 valence electrons. The molecule has 0 saturated heterocycles. The molecule has 5 nitrogen and oxygen atoms in total. The second-order valence-electron chi connectivity index (χ2n) is 6.17. The van der Waals surface area contributed by atoms with E-state index in [9.17, 15) is 14.0 Å². The third kappa shape index (κ3) is 4.74. The van der Waals surface area contributed by atoms with Gasteiger partial charge in [-0.15, -0.1) is 11.6 Å². The second kappa shape index (κ2) is 9.33. The molecule has 26 heavy (non-hydrogen) atoms. The van der Waals surface area contributed by atoms with E-state index >= 15 is 0 Å². The van der Waals surface area contributed by atoms with Crippen molar-refractivity contribution >= 4 is 23.5 Å². The molecule has 7 heteroatoms. The normalized spacial score (nSPS) is 23.9. The predicted octanol–water partition coefficient (Wildman–Crippen LogP) is 3.93. The molecule has 0 aromatic heterocycles. The monoisotopic (exact) mass is 386 g/mol. The van der Waals surface area contributed by atoms with E-state index in [1.54, 1.807) is 13.0 Å². The summed E-state index contributed by atoms with van der Waals surface area (Å²) in [5, 5.41) is -1.34. The lowest BCUT2D eigenvalue weighted by molar-refractivity contribution is -0.189. The highest BCUT2D eigenvalue weighted by Crippen LogP contribution is 2.37. The van der Waals surface area contributed by atoms with Crippen molar-refractivity contribution in [1.82, 2.24) is 0 Å². The Bertz CT molecular complexity index is 628. The van der Waals surface area contributed by atoms with Crippen molar-refractivity contribution in [2.75, 3.05) is 13.2 Å². The number of benzene rings is 1. The molecule has 1 fully saturated rings. The fourth-order valence-electron chi connectivity index (χ4n) is 3.12. The van der Waals surface area contributed by atoms with Gasteiger partial charge in [0.2, 0.25) is 5.60 Å². The van der Waals surface area contributed by atoms with Crippen molar-refractivity contribution in [3.8, 4) is 0 Å². The molecule has 0 amide bonds. The molecule has 1 unspecified atom stereocenters. The number of esters is 2. The lowest BCUT2D eigenvalue weighted by atomic mass is 9.83. The third-order valence-corrected chi connectivity index (χ3v) is 4.88. The summed E-state index contributed by atoms with van der Waals surface area (Å²) < 4.78 is 30.1. The van der Waals surface area contributed by atoms with Gasteiger partial charge in [-0.3, -0.25) is 4.79 Å². The fourth-order valence-corrected chi connectivity index (χ4v) is 3.34. The molecule has 1 aliphatic carbocycles. The summed E-state index contributed by atoms with van der Waals surface area (Å²) in [5.74, 6) is -2.06. The van der Waals surface area contributed by atoms with Crippen LogP contribution in [-0.2, 0) is 23.8 Å². The number of rotatable bonds is 7. The van der Waals surface area contributed by atoms with Crippen LogP contribution in [0.15, 0.2) is 24.3 Å². The molecule has 0 bridgehead atoms. The van der Waals surface area contributed by atoms with E-state index < -0.39 is 28.7 Å². The number of ether oxygens (including phenoxy) is 3. The first-order valence-corrected chi connectivity index (χ1v) is 9.27. The Morgan fingerprint density at radius 3 is 2.46 bits per heavy atom. The average Bonchev–Trinajstić information content (AvgIpc) is 2.63. The van der Waals surface area contributed by atoms with Crippen LogP contribution in [0.1, 0.15) is 50.5 Å². The largest absolute Gasteiger partial charge is 0.463 e. The van der Waals surface area contributed by atoms with E-state index in [4.69, 9.17) is 25.8 Å². The lowest BCUT2D eigenvalue weighted by Crippen LogP contribution is -2.49. The van der Waals surface area contributed by atoms with Crippen LogP contribution in [0.2, 0.25) is 0 Å². The minimum absolute atomic E-state index is 0.0135. The molecule has 1 atom stereocenters. The first-order chi connectivity index (χ1) is 12.4. The van der Waals surface area contributed by atoms with Crippen molar-refractivity contribution in [3.05, 3.63) is 35.6 Å². The summed E-state index contributed by atoms with van der Waals surface area (Å²) in [7, 11) is 0. The van der Waals surface area contributed by atoms with E-state index in [-0.39, 0.29) is 31.1 Å². The van der Waals surface area contributed by atoms with Crippen molar-refractivity contribution in [3.63, 3.8) is 0 Å². The lowest BCUT2D eigenvalue weighted by Gasteiger charge is -2.37. The van der Waals surface area contributed by atoms with E-state index in [1.807, 2.05) is 6.92 Å². The third-order valence-electron chi connectivity index (χ3n) is 4.47. The molecule has 2 rings (SSSR count). The van der Waals surface area contributed by atoms with Crippen LogP contribution < -0.4 is 0 Å². The number of hydrogen-bond donors (Lipinski definition) is 0. The molecular weight excluding hydrogens is 363 g/mol. The fraction of sp³-hybridized carbons (Fsp3) is 0.579. The number of hydrogen-bond acceptors (Lipinski definition) is 5. The van der Waals surface area contributed by atoms with Crippen molar-refractivity contribution in [2.45, 2.75) is 56.6 Å². The maximum absolute atomic E-state index is 13.9. The maximum Gasteiger partial charge on any atom is 0.350 e. The summed E-state index contributed by atoms with van der Waals surface area (Å²) in [4.78, 5) is 25.0. The molecule has 1 aliphatic rings. The Labute approximate surface area is 157 Å². The minimum Gasteiger partial charge on any atom is -0.463 e. The molecule has 0 heterocycles. The first-order valence-electron chi connectivity index (χ1n) is 8.83. The first kappa shape index (κ1) is 20.6. The van der Waals surface area contributed by atoms with Gasteiger partial charge in [0, 0.05) is 25.0 Å². The van der Waals surface area contributed by atoms with Gasteiger partial charge in [-0.2, -0.15) is 0 Å². The standard InChI is InChI=1S/C19H24ClFO5/c1-3-24-13-9-11-19(12-10-13,18(23)25-4-2)26-17(22)16(20)14-7-5-6-8-15(14)21/h5-8,13,16H,3-4,9-12H2,1-2H3. The van der Waals surface area contributed by atoms with Crippen molar-refractivity contribution < 1.29 is 28.2 Å². The van der Waals surface area contributed by atoms with Gasteiger partial charge in [0.05, 0.1) is 12.7 Å². The molecular formula is C19H24ClFO5. The SMILES string of the molecule is CCOC(=O)C1(OC(=O)C(Cl)c2ccccc2F)CCC(OCC)CC1. The van der Waals surface area contributed by atoms with Crippen LogP contribution in [0.3, 0.4) is 0 Å². The molecule has 0 radical (unpaired) electrons. The topological polar surface area (TPSA) is 61.8 Å². The Balaban J connectivity index is 2.15. The van der Waals surface area contributed by atoms with Gasteiger partial charge >= 0.3 is 11.9 Å². The van der Waals surface area contributed by atoms with E-state index in [1.165, 1.54) is 18.2 Å². The molecule has 0 aliphatic heterocycles. The van der Waals surface area contributed by atoms with Gasteiger partial charge in [-0.05, 0) is 32.8 Å². The summed E-state index contributed by atoms with van der Waals surface area (Å²) >= 11 is 6.11. The summed E-state index contributed by atoms with van der Waals surface area (Å²) in [6, 6.07) is 5.71. The molecule has 0 spiro atoms. The minimum atomic E-state index is -1.40. The average molecular weight is 387 g/mol. The zero-order valence-electron chi connectivity index (χ0n) is 15.0. The van der Waals surface area contributed by atoms with Gasteiger partial charge in [0.1, 0.15) is 5.82 Å². The molecule has 0 N–H and O–H groups in total. The number of halogens is 2. The summed E-state index contributed by atoms with van der Waals surface area (Å²) in [6.45, 7) is 4.33. The summed E-state index contributed by atoms with van der Waals surface area (Å²) in [5.41, 5.74) is -1.39. The molecule has 1 saturated carbocycles. The van der Waals surface area contributed by atoms with Crippen molar-refractivity contribution in [1.29, 1.82) is 0 Å². The van der Waals surface area contributed by atoms with Crippen LogP contribution in [-0.4, -0.2) is 36.9 Å². The van der Waals surface area contributed by atoms with Gasteiger partial charge in [-0.25, -0.2) is 9.18 Å². The smallest absolute Gasteiger partial charge is 0.350 e. The summed E-state index contributed by atoms with van der Waals surface area (Å²) in [6.07, 6.45) is 1.70. The highest BCUT2D eigenvalue weighted by molar-refractivity contribution is 6.30. The van der Waals surface area contributed by atoms with Crippen molar-refractivity contribution in [2.24, 2.45) is 0 Å². The van der Waals surface area contributed by atoms with Gasteiger partial charge in [0.15, 0.2) is 5.38 Å². The maximum atomic E-state index is 13.9. The van der Waals surface area contributed by atoms with Gasteiger partial charge in [0.25, 0.3) is 0 Å². The second-order valence-corrected chi connectivity index (χ2v) is 6.61. The zero-order valence-corrected chi connectivity index (χ0v) is 15.8. The zero-order chi connectivity index (χ0) is 19.2. The van der Waals surface area contributed by atoms with Gasteiger partial charge in [-0.1, -0.05) is 18.2 Å². The quantitative estimate of drug-likeness (QED) is 0.525. The van der Waals surface area contributed by atoms with Crippen LogP contribution in [0.25, 0.3) is 0 Å². The van der Waals surface area contributed by atoms with E-state index in [2.05, 4.69) is 0 Å². The Kier molecular flexibility index (Phi) is 7.41. The van der Waals surface area contributed by atoms with E-state index in [0.29, 0.717) is 19.4 Å². The molecule has 1 aromatic rings. The highest BCUT2D eigenvalue weighted by atomic mass is 35.5. The molecule has 1 aromatic carbocycles. The van der Waals surface area contributed by atoms with Crippen LogP contribution in [0.4, 0.5) is 4.39 Å². The van der Waals surface area contributed by atoms with Crippen LogP contribution in [0, 0.1) is 5.82 Å². The van der Waals surface area contributed by atoms with Gasteiger partial charge < -0.3 is 14.2 Å². The number of carbonyl (C=O) groups excluding carboxylic acids is 2.